The lowest BCUT2D eigenvalue weighted by molar-refractivity contribution is 0.0160. The van der Waals surface area contributed by atoms with Crippen molar-refractivity contribution in [2.75, 3.05) is 12.8 Å². The van der Waals surface area contributed by atoms with E-state index in [-0.39, 0.29) is 5.97 Å². The Morgan fingerprint density at radius 1 is 1.32 bits per heavy atom. The molecule has 0 atom stereocenters. The van der Waals surface area contributed by atoms with Crippen LogP contribution >= 0.6 is 0 Å². The number of hydrogen-bond acceptors (Lipinski definition) is 4. The van der Waals surface area contributed by atoms with Gasteiger partial charge in [0.1, 0.15) is 0 Å². The summed E-state index contributed by atoms with van der Waals surface area (Å²) in [5, 5.41) is 0. The molecule has 1 aromatic rings. The molecular weight excluding hydrogens is 242 g/mol. The molecule has 4 heteroatoms. The first-order chi connectivity index (χ1) is 9.20. The maximum Gasteiger partial charge on any atom is 0.338 e. The van der Waals surface area contributed by atoms with Crippen molar-refractivity contribution in [3.63, 3.8) is 0 Å². The SMILES string of the molecule is COC(=O)c1cc(N)ccc1COC1CCCCC1. The van der Waals surface area contributed by atoms with Crippen LogP contribution in [0.5, 0.6) is 0 Å². The van der Waals surface area contributed by atoms with Crippen LogP contribution in [-0.2, 0) is 16.1 Å². The summed E-state index contributed by atoms with van der Waals surface area (Å²) in [5.74, 6) is -0.366. The van der Waals surface area contributed by atoms with Crippen molar-refractivity contribution in [2.45, 2.75) is 44.8 Å². The highest BCUT2D eigenvalue weighted by Gasteiger charge is 2.16. The van der Waals surface area contributed by atoms with Gasteiger partial charge in [0.25, 0.3) is 0 Å². The molecule has 0 aliphatic heterocycles. The van der Waals surface area contributed by atoms with Gasteiger partial charge in [0.05, 0.1) is 25.4 Å². The molecule has 0 radical (unpaired) electrons. The molecule has 1 aliphatic carbocycles. The van der Waals surface area contributed by atoms with Gasteiger partial charge in [-0.15, -0.1) is 0 Å². The molecule has 1 aromatic carbocycles. The summed E-state index contributed by atoms with van der Waals surface area (Å²) < 4.78 is 10.7. The molecule has 0 heterocycles. The first kappa shape index (κ1) is 13.9. The van der Waals surface area contributed by atoms with Crippen LogP contribution in [0.4, 0.5) is 5.69 Å². The fourth-order valence-corrected chi connectivity index (χ4v) is 2.46. The summed E-state index contributed by atoms with van der Waals surface area (Å²) in [4.78, 5) is 11.7. The van der Waals surface area contributed by atoms with Gasteiger partial charge < -0.3 is 15.2 Å². The van der Waals surface area contributed by atoms with E-state index in [1.54, 1.807) is 12.1 Å². The van der Waals surface area contributed by atoms with Crippen LogP contribution in [-0.4, -0.2) is 19.2 Å². The van der Waals surface area contributed by atoms with Crippen LogP contribution < -0.4 is 5.73 Å². The highest BCUT2D eigenvalue weighted by Crippen LogP contribution is 2.23. The van der Waals surface area contributed by atoms with E-state index in [1.165, 1.54) is 26.4 Å². The van der Waals surface area contributed by atoms with E-state index in [4.69, 9.17) is 15.2 Å². The second kappa shape index (κ2) is 6.57. The topological polar surface area (TPSA) is 61.5 Å². The summed E-state index contributed by atoms with van der Waals surface area (Å²) in [5.41, 5.74) is 7.61. The molecule has 0 saturated heterocycles. The predicted molar refractivity (Wildman–Crippen MR) is 73.9 cm³/mol. The first-order valence-electron chi connectivity index (χ1n) is 6.79. The van der Waals surface area contributed by atoms with Gasteiger partial charge in [0.2, 0.25) is 0 Å². The first-order valence-corrected chi connectivity index (χ1v) is 6.79. The highest BCUT2D eigenvalue weighted by molar-refractivity contribution is 5.92. The van der Waals surface area contributed by atoms with E-state index in [0.29, 0.717) is 24.0 Å². The van der Waals surface area contributed by atoms with Gasteiger partial charge in [-0.1, -0.05) is 25.3 Å². The minimum atomic E-state index is -0.366. The van der Waals surface area contributed by atoms with Gasteiger partial charge in [0, 0.05) is 5.69 Å². The second-order valence-corrected chi connectivity index (χ2v) is 4.98. The molecule has 4 nitrogen and oxygen atoms in total. The Kier molecular flexibility index (Phi) is 4.80. The number of nitrogens with two attached hydrogens (primary N) is 1. The standard InChI is InChI=1S/C15H21NO3/c1-18-15(17)14-9-12(16)8-7-11(14)10-19-13-5-3-2-4-6-13/h7-9,13H,2-6,10,16H2,1H3. The number of carbonyl (C=O) groups excluding carboxylic acids is 1. The summed E-state index contributed by atoms with van der Waals surface area (Å²) in [6.07, 6.45) is 6.31. The van der Waals surface area contributed by atoms with E-state index in [1.807, 2.05) is 6.07 Å². The molecule has 0 spiro atoms. The van der Waals surface area contributed by atoms with Gasteiger partial charge >= 0.3 is 5.97 Å². The monoisotopic (exact) mass is 263 g/mol. The molecule has 0 aromatic heterocycles. The summed E-state index contributed by atoms with van der Waals surface area (Å²) in [6, 6.07) is 5.27. The average molecular weight is 263 g/mol. The minimum absolute atomic E-state index is 0.316. The zero-order chi connectivity index (χ0) is 13.7. The number of ether oxygens (including phenoxy) is 2. The Labute approximate surface area is 113 Å². The fraction of sp³-hybridized carbons (Fsp3) is 0.533. The summed E-state index contributed by atoms with van der Waals surface area (Å²) in [6.45, 7) is 0.440. The Balaban J connectivity index is 2.04. The number of methoxy groups -OCH3 is 1. The third kappa shape index (κ3) is 3.70. The maximum atomic E-state index is 11.7. The molecule has 104 valence electrons. The van der Waals surface area contributed by atoms with Crippen LogP contribution in [0, 0.1) is 0 Å². The fourth-order valence-electron chi connectivity index (χ4n) is 2.46. The second-order valence-electron chi connectivity index (χ2n) is 4.98. The molecule has 2 N–H and O–H groups in total. The van der Waals surface area contributed by atoms with Crippen molar-refractivity contribution in [3.8, 4) is 0 Å². The molecule has 0 unspecified atom stereocenters. The van der Waals surface area contributed by atoms with E-state index in [9.17, 15) is 4.79 Å². The number of rotatable bonds is 4. The van der Waals surface area contributed by atoms with Crippen LogP contribution in [0.2, 0.25) is 0 Å². The van der Waals surface area contributed by atoms with Crippen molar-refractivity contribution in [1.29, 1.82) is 0 Å². The predicted octanol–water partition coefficient (Wildman–Crippen LogP) is 2.90. The smallest absolute Gasteiger partial charge is 0.338 e. The van der Waals surface area contributed by atoms with E-state index in [0.717, 1.165) is 18.4 Å². The van der Waals surface area contributed by atoms with E-state index >= 15 is 0 Å². The lowest BCUT2D eigenvalue weighted by Gasteiger charge is -2.22. The zero-order valence-corrected chi connectivity index (χ0v) is 11.4. The van der Waals surface area contributed by atoms with Crippen molar-refractivity contribution in [3.05, 3.63) is 29.3 Å². The largest absolute Gasteiger partial charge is 0.465 e. The Morgan fingerprint density at radius 2 is 2.05 bits per heavy atom. The van der Waals surface area contributed by atoms with Gasteiger partial charge in [-0.3, -0.25) is 0 Å². The van der Waals surface area contributed by atoms with Crippen LogP contribution in [0.15, 0.2) is 18.2 Å². The van der Waals surface area contributed by atoms with Gasteiger partial charge in [-0.05, 0) is 30.5 Å². The van der Waals surface area contributed by atoms with Gasteiger partial charge in [-0.25, -0.2) is 4.79 Å². The quantitative estimate of drug-likeness (QED) is 0.670. The number of anilines is 1. The zero-order valence-electron chi connectivity index (χ0n) is 11.4. The lowest BCUT2D eigenvalue weighted by atomic mass is 9.97. The Morgan fingerprint density at radius 3 is 2.74 bits per heavy atom. The van der Waals surface area contributed by atoms with Crippen molar-refractivity contribution in [2.24, 2.45) is 0 Å². The minimum Gasteiger partial charge on any atom is -0.465 e. The highest BCUT2D eigenvalue weighted by atomic mass is 16.5. The van der Waals surface area contributed by atoms with Crippen molar-refractivity contribution < 1.29 is 14.3 Å². The van der Waals surface area contributed by atoms with Gasteiger partial charge in [-0.2, -0.15) is 0 Å². The third-order valence-electron chi connectivity index (χ3n) is 3.57. The van der Waals surface area contributed by atoms with Crippen LogP contribution in [0.1, 0.15) is 48.0 Å². The number of nitrogen functional groups attached to an aromatic ring is 1. The summed E-state index contributed by atoms with van der Waals surface area (Å²) in [7, 11) is 1.37. The number of hydrogen-bond donors (Lipinski definition) is 1. The number of carbonyl (C=O) groups is 1. The molecule has 0 bridgehead atoms. The maximum absolute atomic E-state index is 11.7. The molecule has 1 saturated carbocycles. The van der Waals surface area contributed by atoms with Crippen molar-refractivity contribution >= 4 is 11.7 Å². The average Bonchev–Trinajstić information content (AvgIpc) is 2.46. The molecular formula is C15H21NO3. The van der Waals surface area contributed by atoms with E-state index in [2.05, 4.69) is 0 Å². The lowest BCUT2D eigenvalue weighted by Crippen LogP contribution is -2.17. The van der Waals surface area contributed by atoms with Crippen molar-refractivity contribution in [1.82, 2.24) is 0 Å². The summed E-state index contributed by atoms with van der Waals surface area (Å²) >= 11 is 0. The molecule has 0 amide bonds. The number of esters is 1. The van der Waals surface area contributed by atoms with Gasteiger partial charge in [0.15, 0.2) is 0 Å². The molecule has 2 rings (SSSR count). The van der Waals surface area contributed by atoms with Crippen LogP contribution in [0.3, 0.4) is 0 Å². The molecule has 1 fully saturated rings. The van der Waals surface area contributed by atoms with Crippen LogP contribution in [0.25, 0.3) is 0 Å². The van der Waals surface area contributed by atoms with E-state index < -0.39 is 0 Å². The number of benzene rings is 1. The molecule has 1 aliphatic rings. The Bertz CT molecular complexity index is 439. The normalized spacial score (nSPS) is 16.3. The molecule has 19 heavy (non-hydrogen) atoms. The Hall–Kier alpha value is -1.55. The third-order valence-corrected chi connectivity index (χ3v) is 3.57.